The highest BCUT2D eigenvalue weighted by Crippen LogP contribution is 2.25. The van der Waals surface area contributed by atoms with Gasteiger partial charge in [-0.05, 0) is 30.7 Å². The summed E-state index contributed by atoms with van der Waals surface area (Å²) in [5.41, 5.74) is 1.84. The minimum atomic E-state index is -0.879. The Morgan fingerprint density at radius 1 is 1.22 bits per heavy atom. The molecule has 23 heavy (non-hydrogen) atoms. The molecule has 2 aromatic carbocycles. The maximum atomic E-state index is 13.0. The van der Waals surface area contributed by atoms with Gasteiger partial charge in [0.1, 0.15) is 17.4 Å². The maximum absolute atomic E-state index is 13.0. The largest absolute Gasteiger partial charge is 0.451 e. The third-order valence-electron chi connectivity index (χ3n) is 3.66. The second-order valence-electron chi connectivity index (χ2n) is 5.14. The molecule has 1 N–H and O–H groups in total. The number of halogens is 1. The molecule has 0 aliphatic carbocycles. The molecule has 3 aromatic rings. The number of para-hydroxylation sites is 1. The van der Waals surface area contributed by atoms with Crippen LogP contribution in [0.2, 0.25) is 0 Å². The van der Waals surface area contributed by atoms with E-state index in [1.807, 2.05) is 24.3 Å². The van der Waals surface area contributed by atoms with E-state index in [-0.39, 0.29) is 5.76 Å². The molecule has 5 heteroatoms. The van der Waals surface area contributed by atoms with Gasteiger partial charge in [0.05, 0.1) is 6.07 Å². The zero-order valence-electron chi connectivity index (χ0n) is 12.3. The Hall–Kier alpha value is -3.13. The summed E-state index contributed by atoms with van der Waals surface area (Å²) >= 11 is 0. The fraction of sp³-hybridized carbons (Fsp3) is 0.111. The summed E-state index contributed by atoms with van der Waals surface area (Å²) in [5, 5.41) is 12.7. The molecule has 0 saturated carbocycles. The van der Waals surface area contributed by atoms with Crippen molar-refractivity contribution in [3.05, 3.63) is 71.2 Å². The third-order valence-corrected chi connectivity index (χ3v) is 3.66. The van der Waals surface area contributed by atoms with Crippen LogP contribution in [0, 0.1) is 24.1 Å². The molecule has 1 aromatic heterocycles. The Labute approximate surface area is 132 Å². The minimum Gasteiger partial charge on any atom is -0.451 e. The first-order valence-corrected chi connectivity index (χ1v) is 7.04. The molecule has 1 heterocycles. The highest BCUT2D eigenvalue weighted by atomic mass is 19.1. The van der Waals surface area contributed by atoms with E-state index < -0.39 is 17.8 Å². The van der Waals surface area contributed by atoms with Crippen LogP contribution in [0.4, 0.5) is 4.39 Å². The molecule has 0 radical (unpaired) electrons. The zero-order valence-corrected chi connectivity index (χ0v) is 12.3. The first-order valence-electron chi connectivity index (χ1n) is 7.04. The Morgan fingerprint density at radius 3 is 2.57 bits per heavy atom. The summed E-state index contributed by atoms with van der Waals surface area (Å²) in [7, 11) is 0. The van der Waals surface area contributed by atoms with Crippen LogP contribution >= 0.6 is 0 Å². The van der Waals surface area contributed by atoms with Crippen molar-refractivity contribution in [2.75, 3.05) is 0 Å². The van der Waals surface area contributed by atoms with Gasteiger partial charge in [-0.2, -0.15) is 5.26 Å². The summed E-state index contributed by atoms with van der Waals surface area (Å²) in [6.45, 7) is 1.79. The van der Waals surface area contributed by atoms with Crippen molar-refractivity contribution in [3.63, 3.8) is 0 Å². The van der Waals surface area contributed by atoms with Gasteiger partial charge in [-0.25, -0.2) is 4.39 Å². The van der Waals surface area contributed by atoms with Gasteiger partial charge in [0.25, 0.3) is 5.91 Å². The summed E-state index contributed by atoms with van der Waals surface area (Å²) in [6, 6.07) is 13.9. The fourth-order valence-electron chi connectivity index (χ4n) is 2.43. The van der Waals surface area contributed by atoms with E-state index >= 15 is 0 Å². The molecule has 0 bridgehead atoms. The third kappa shape index (κ3) is 2.79. The molecule has 0 spiro atoms. The quantitative estimate of drug-likeness (QED) is 0.798. The summed E-state index contributed by atoms with van der Waals surface area (Å²) in [4.78, 5) is 12.4. The molecule has 3 rings (SSSR count). The van der Waals surface area contributed by atoms with Gasteiger partial charge in [0, 0.05) is 10.9 Å². The van der Waals surface area contributed by atoms with E-state index in [9.17, 15) is 14.4 Å². The summed E-state index contributed by atoms with van der Waals surface area (Å²) in [6.07, 6.45) is 0. The number of carbonyl (C=O) groups is 1. The van der Waals surface area contributed by atoms with E-state index in [0.717, 1.165) is 5.39 Å². The Morgan fingerprint density at radius 2 is 1.91 bits per heavy atom. The van der Waals surface area contributed by atoms with Crippen LogP contribution in [-0.4, -0.2) is 5.91 Å². The summed E-state index contributed by atoms with van der Waals surface area (Å²) in [5.74, 6) is -0.701. The number of fused-ring (bicyclic) bond motifs is 1. The SMILES string of the molecule is Cc1c(C(=O)N[C@@H](C#N)c2ccc(F)cc2)oc2ccccc12. The fourth-order valence-corrected chi connectivity index (χ4v) is 2.43. The monoisotopic (exact) mass is 308 g/mol. The van der Waals surface area contributed by atoms with Gasteiger partial charge < -0.3 is 9.73 Å². The normalized spacial score (nSPS) is 11.9. The van der Waals surface area contributed by atoms with E-state index in [2.05, 4.69) is 5.32 Å². The lowest BCUT2D eigenvalue weighted by atomic mass is 10.1. The van der Waals surface area contributed by atoms with E-state index in [1.54, 1.807) is 13.0 Å². The van der Waals surface area contributed by atoms with E-state index in [0.29, 0.717) is 16.7 Å². The zero-order chi connectivity index (χ0) is 16.4. The molecular weight excluding hydrogens is 295 g/mol. The van der Waals surface area contributed by atoms with Gasteiger partial charge in [-0.1, -0.05) is 30.3 Å². The molecule has 0 aliphatic heterocycles. The Balaban J connectivity index is 1.88. The first-order chi connectivity index (χ1) is 11.1. The number of nitrogens with zero attached hydrogens (tertiary/aromatic N) is 1. The number of furan rings is 1. The Kier molecular flexibility index (Phi) is 3.82. The average molecular weight is 308 g/mol. The molecular formula is C18H13FN2O2. The second kappa shape index (κ2) is 5.93. The van der Waals surface area contributed by atoms with Crippen LogP contribution in [0.5, 0.6) is 0 Å². The molecule has 0 saturated heterocycles. The number of nitriles is 1. The van der Waals surface area contributed by atoms with Crippen molar-refractivity contribution >= 4 is 16.9 Å². The number of aryl methyl sites for hydroxylation is 1. The van der Waals surface area contributed by atoms with Crippen molar-refractivity contribution in [2.45, 2.75) is 13.0 Å². The predicted octanol–water partition coefficient (Wildman–Crippen LogP) is 3.88. The lowest BCUT2D eigenvalue weighted by molar-refractivity contribution is 0.0918. The van der Waals surface area contributed by atoms with Gasteiger partial charge in [0.15, 0.2) is 5.76 Å². The first kappa shape index (κ1) is 14.8. The molecule has 4 nitrogen and oxygen atoms in total. The number of nitrogens with one attached hydrogen (secondary N) is 1. The van der Waals surface area contributed by atoms with Crippen LogP contribution in [0.1, 0.15) is 27.7 Å². The average Bonchev–Trinajstić information content (AvgIpc) is 2.91. The minimum absolute atomic E-state index is 0.175. The van der Waals surface area contributed by atoms with Crippen molar-refractivity contribution in [1.29, 1.82) is 5.26 Å². The molecule has 0 fully saturated rings. The number of hydrogen-bond donors (Lipinski definition) is 1. The van der Waals surface area contributed by atoms with Crippen molar-refractivity contribution < 1.29 is 13.6 Å². The van der Waals surface area contributed by atoms with Crippen molar-refractivity contribution in [2.24, 2.45) is 0 Å². The van der Waals surface area contributed by atoms with Crippen molar-refractivity contribution in [1.82, 2.24) is 5.32 Å². The topological polar surface area (TPSA) is 66.0 Å². The van der Waals surface area contributed by atoms with Gasteiger partial charge >= 0.3 is 0 Å². The maximum Gasteiger partial charge on any atom is 0.288 e. The number of hydrogen-bond acceptors (Lipinski definition) is 3. The number of amides is 1. The predicted molar refractivity (Wildman–Crippen MR) is 83.2 cm³/mol. The van der Waals surface area contributed by atoms with Gasteiger partial charge in [0.2, 0.25) is 0 Å². The van der Waals surface area contributed by atoms with E-state index in [1.165, 1.54) is 24.3 Å². The molecule has 1 atom stereocenters. The van der Waals surface area contributed by atoms with Gasteiger partial charge in [-0.3, -0.25) is 4.79 Å². The lowest BCUT2D eigenvalue weighted by Gasteiger charge is -2.11. The smallest absolute Gasteiger partial charge is 0.288 e. The van der Waals surface area contributed by atoms with Crippen LogP contribution in [0.3, 0.4) is 0 Å². The second-order valence-corrected chi connectivity index (χ2v) is 5.14. The molecule has 114 valence electrons. The number of benzene rings is 2. The lowest BCUT2D eigenvalue weighted by Crippen LogP contribution is -2.27. The molecule has 0 aliphatic rings. The van der Waals surface area contributed by atoms with Crippen LogP contribution in [0.15, 0.2) is 52.9 Å². The Bertz CT molecular complexity index is 907. The van der Waals surface area contributed by atoms with Crippen LogP contribution in [0.25, 0.3) is 11.0 Å². The van der Waals surface area contributed by atoms with Gasteiger partial charge in [-0.15, -0.1) is 0 Å². The van der Waals surface area contributed by atoms with Crippen molar-refractivity contribution in [3.8, 4) is 6.07 Å². The highest BCUT2D eigenvalue weighted by Gasteiger charge is 2.21. The molecule has 1 amide bonds. The van der Waals surface area contributed by atoms with E-state index in [4.69, 9.17) is 4.42 Å². The van der Waals surface area contributed by atoms with Crippen LogP contribution in [-0.2, 0) is 0 Å². The standard InChI is InChI=1S/C18H13FN2O2/c1-11-14-4-2-3-5-16(14)23-17(11)18(22)21-15(10-20)12-6-8-13(19)9-7-12/h2-9,15H,1H3,(H,21,22)/t15-/m0/s1. The summed E-state index contributed by atoms with van der Waals surface area (Å²) < 4.78 is 18.5. The number of carbonyl (C=O) groups excluding carboxylic acids is 1. The number of rotatable bonds is 3. The highest BCUT2D eigenvalue weighted by molar-refractivity contribution is 5.99. The molecule has 0 unspecified atom stereocenters. The van der Waals surface area contributed by atoms with Crippen LogP contribution < -0.4 is 5.32 Å².